The van der Waals surface area contributed by atoms with E-state index < -0.39 is 6.10 Å². The van der Waals surface area contributed by atoms with Crippen molar-refractivity contribution >= 4 is 5.78 Å². The summed E-state index contributed by atoms with van der Waals surface area (Å²) in [5.41, 5.74) is 2.68. The number of carbonyl (C=O) groups is 1. The Morgan fingerprint density at radius 1 is 1.38 bits per heavy atom. The average Bonchev–Trinajstić information content (AvgIpc) is 3.18. The fourth-order valence-corrected chi connectivity index (χ4v) is 4.32. The summed E-state index contributed by atoms with van der Waals surface area (Å²) in [4.78, 5) is 12.8. The van der Waals surface area contributed by atoms with Gasteiger partial charge >= 0.3 is 0 Å². The third-order valence-corrected chi connectivity index (χ3v) is 5.64. The van der Waals surface area contributed by atoms with Crippen LogP contribution in [-0.4, -0.2) is 17.0 Å². The summed E-state index contributed by atoms with van der Waals surface area (Å²) in [7, 11) is 0. The van der Waals surface area contributed by atoms with Gasteiger partial charge in [-0.1, -0.05) is 26.0 Å². The third-order valence-electron chi connectivity index (χ3n) is 5.64. The van der Waals surface area contributed by atoms with Crippen molar-refractivity contribution in [2.24, 2.45) is 16.7 Å². The van der Waals surface area contributed by atoms with E-state index in [-0.39, 0.29) is 22.5 Å². The highest BCUT2D eigenvalue weighted by Crippen LogP contribution is 2.66. The van der Waals surface area contributed by atoms with Crippen LogP contribution in [-0.2, 0) is 4.79 Å². The number of Topliss-reactive ketones (excluding diaryl/α,β-unsaturated/α-hetero) is 1. The van der Waals surface area contributed by atoms with Gasteiger partial charge in [-0.25, -0.2) is 0 Å². The molecule has 0 amide bonds. The van der Waals surface area contributed by atoms with Crippen molar-refractivity contribution in [1.29, 1.82) is 0 Å². The summed E-state index contributed by atoms with van der Waals surface area (Å²) in [5, 5.41) is 10.6. The Labute approximate surface area is 127 Å². The molecule has 0 radical (unpaired) electrons. The Bertz CT molecular complexity index is 605. The molecule has 3 aliphatic carbocycles. The molecule has 2 saturated carbocycles. The lowest BCUT2D eigenvalue weighted by Crippen LogP contribution is -2.34. The Balaban J connectivity index is 2.10. The number of allylic oxidation sites excluding steroid dienone is 1. The van der Waals surface area contributed by atoms with Crippen LogP contribution in [0.25, 0.3) is 0 Å². The molecule has 0 aliphatic heterocycles. The highest BCUT2D eigenvalue weighted by Gasteiger charge is 2.60. The number of aliphatic hydroxyl groups excluding tert-OH is 1. The van der Waals surface area contributed by atoms with Crippen LogP contribution in [0.4, 0.5) is 0 Å². The van der Waals surface area contributed by atoms with Gasteiger partial charge in [0.1, 0.15) is 0 Å². The molecule has 3 aliphatic rings. The van der Waals surface area contributed by atoms with Gasteiger partial charge in [-0.05, 0) is 38.2 Å². The van der Waals surface area contributed by atoms with Crippen LogP contribution in [0.15, 0.2) is 23.3 Å². The third kappa shape index (κ3) is 1.94. The summed E-state index contributed by atoms with van der Waals surface area (Å²) < 4.78 is 0. The molecule has 0 aromatic rings. The first-order valence-electron chi connectivity index (χ1n) is 7.90. The lowest BCUT2D eigenvalue weighted by atomic mass is 9.69. The second-order valence-electron chi connectivity index (χ2n) is 7.39. The summed E-state index contributed by atoms with van der Waals surface area (Å²) in [5.74, 6) is 6.24. The van der Waals surface area contributed by atoms with E-state index in [1.54, 1.807) is 0 Å². The Kier molecular flexibility index (Phi) is 3.19. The monoisotopic (exact) mass is 284 g/mol. The summed E-state index contributed by atoms with van der Waals surface area (Å²) in [6, 6.07) is 0. The highest BCUT2D eigenvalue weighted by atomic mass is 16.3. The normalized spacial score (nSPS) is 32.0. The van der Waals surface area contributed by atoms with Gasteiger partial charge in [-0.3, -0.25) is 4.79 Å². The predicted octanol–water partition coefficient (Wildman–Crippen LogP) is 3.41. The van der Waals surface area contributed by atoms with Crippen LogP contribution in [0.5, 0.6) is 0 Å². The van der Waals surface area contributed by atoms with Crippen molar-refractivity contribution < 1.29 is 9.90 Å². The standard InChI is InChI=1S/C19H24O2/c1-5-6-7-8-14-15-13(11-18(3,4)17(15)21)16(20)12(2)19(14)9-10-19/h13,16,20H,2,7-11H2,1,3-4H3. The molecule has 21 heavy (non-hydrogen) atoms. The number of fused-ring (bicyclic) bond motifs is 1. The molecule has 2 nitrogen and oxygen atoms in total. The van der Waals surface area contributed by atoms with Crippen LogP contribution in [0, 0.1) is 28.6 Å². The molecular weight excluding hydrogens is 260 g/mol. The average molecular weight is 284 g/mol. The van der Waals surface area contributed by atoms with Crippen molar-refractivity contribution in [1.82, 2.24) is 0 Å². The SMILES string of the molecule is C=C1C(O)C2CC(C)(C)C(=O)C2=C(CCC#CC)C12CC2. The Hall–Kier alpha value is -1.33. The lowest BCUT2D eigenvalue weighted by Gasteiger charge is -2.36. The molecule has 112 valence electrons. The summed E-state index contributed by atoms with van der Waals surface area (Å²) >= 11 is 0. The largest absolute Gasteiger partial charge is 0.388 e. The van der Waals surface area contributed by atoms with Crippen LogP contribution >= 0.6 is 0 Å². The van der Waals surface area contributed by atoms with Gasteiger partial charge in [0.15, 0.2) is 5.78 Å². The van der Waals surface area contributed by atoms with Gasteiger partial charge in [0.25, 0.3) is 0 Å². The number of rotatable bonds is 2. The Morgan fingerprint density at radius 2 is 2.05 bits per heavy atom. The summed E-state index contributed by atoms with van der Waals surface area (Å²) in [6.07, 6.45) is 3.89. The van der Waals surface area contributed by atoms with E-state index in [2.05, 4.69) is 18.4 Å². The molecule has 0 saturated heterocycles. The molecule has 3 rings (SSSR count). The quantitative estimate of drug-likeness (QED) is 0.623. The van der Waals surface area contributed by atoms with Gasteiger partial charge in [0.05, 0.1) is 6.10 Å². The zero-order valence-electron chi connectivity index (χ0n) is 13.3. The van der Waals surface area contributed by atoms with Crippen molar-refractivity contribution in [3.05, 3.63) is 23.3 Å². The van der Waals surface area contributed by atoms with Crippen molar-refractivity contribution in [2.45, 2.75) is 59.0 Å². The molecule has 1 N–H and O–H groups in total. The first-order valence-corrected chi connectivity index (χ1v) is 7.90. The summed E-state index contributed by atoms with van der Waals surface area (Å²) in [6.45, 7) is 10.0. The maximum atomic E-state index is 12.8. The molecule has 0 bridgehead atoms. The number of aliphatic hydroxyl groups is 1. The molecule has 2 heteroatoms. The first kappa shape index (κ1) is 14.6. The van der Waals surface area contributed by atoms with E-state index in [9.17, 15) is 9.90 Å². The van der Waals surface area contributed by atoms with E-state index in [4.69, 9.17) is 0 Å². The van der Waals surface area contributed by atoms with E-state index in [0.717, 1.165) is 43.3 Å². The number of hydrogen-bond acceptors (Lipinski definition) is 2. The molecule has 0 aromatic carbocycles. The molecular formula is C19H24O2. The molecule has 1 spiro atoms. The van der Waals surface area contributed by atoms with Gasteiger partial charge in [0, 0.05) is 28.7 Å². The first-order chi connectivity index (χ1) is 9.85. The second kappa shape index (κ2) is 4.58. The highest BCUT2D eigenvalue weighted by molar-refractivity contribution is 6.04. The van der Waals surface area contributed by atoms with Crippen molar-refractivity contribution in [3.8, 4) is 11.8 Å². The molecule has 2 fully saturated rings. The smallest absolute Gasteiger partial charge is 0.164 e. The topological polar surface area (TPSA) is 37.3 Å². The molecule has 0 aromatic heterocycles. The molecule has 2 unspecified atom stereocenters. The van der Waals surface area contributed by atoms with Crippen molar-refractivity contribution in [2.75, 3.05) is 0 Å². The lowest BCUT2D eigenvalue weighted by molar-refractivity contribution is -0.121. The number of carbonyl (C=O) groups excluding carboxylic acids is 1. The number of ketones is 1. The maximum absolute atomic E-state index is 12.8. The van der Waals surface area contributed by atoms with Gasteiger partial charge < -0.3 is 5.11 Å². The predicted molar refractivity (Wildman–Crippen MR) is 83.4 cm³/mol. The minimum absolute atomic E-state index is 0.0455. The van der Waals surface area contributed by atoms with Crippen LogP contribution in [0.3, 0.4) is 0 Å². The van der Waals surface area contributed by atoms with E-state index >= 15 is 0 Å². The van der Waals surface area contributed by atoms with Crippen LogP contribution < -0.4 is 0 Å². The van der Waals surface area contributed by atoms with Crippen LogP contribution in [0.1, 0.15) is 52.9 Å². The molecule has 2 atom stereocenters. The molecule has 0 heterocycles. The van der Waals surface area contributed by atoms with Gasteiger partial charge in [-0.2, -0.15) is 0 Å². The zero-order chi connectivity index (χ0) is 15.4. The zero-order valence-corrected chi connectivity index (χ0v) is 13.3. The van der Waals surface area contributed by atoms with Crippen molar-refractivity contribution in [3.63, 3.8) is 0 Å². The van der Waals surface area contributed by atoms with Gasteiger partial charge in [0.2, 0.25) is 0 Å². The fraction of sp³-hybridized carbons (Fsp3) is 0.632. The van der Waals surface area contributed by atoms with E-state index in [0.29, 0.717) is 0 Å². The maximum Gasteiger partial charge on any atom is 0.164 e. The second-order valence-corrected chi connectivity index (χ2v) is 7.39. The van der Waals surface area contributed by atoms with E-state index in [1.165, 1.54) is 5.57 Å². The minimum atomic E-state index is -0.547. The van der Waals surface area contributed by atoms with Crippen LogP contribution in [0.2, 0.25) is 0 Å². The fourth-order valence-electron chi connectivity index (χ4n) is 4.32. The van der Waals surface area contributed by atoms with Gasteiger partial charge in [-0.15, -0.1) is 11.8 Å². The Morgan fingerprint density at radius 3 is 2.62 bits per heavy atom. The van der Waals surface area contributed by atoms with E-state index in [1.807, 2.05) is 20.8 Å². The minimum Gasteiger partial charge on any atom is -0.388 e. The number of hydrogen-bond donors (Lipinski definition) is 1.